The molecule has 0 aliphatic heterocycles. The number of alkyl carbamates (subject to hydrolysis) is 1. The van der Waals surface area contributed by atoms with Crippen LogP contribution in [0.15, 0.2) is 0 Å². The average molecular weight is 417 g/mol. The topological polar surface area (TPSA) is 122 Å². The Kier molecular flexibility index (Phi) is 14.5. The molecule has 0 aliphatic carbocycles. The minimum absolute atomic E-state index is 0.261. The molecule has 0 aromatic carbocycles. The number of aliphatic carboxylic acids is 1. The third-order valence-electron chi connectivity index (χ3n) is 2.80. The summed E-state index contributed by atoms with van der Waals surface area (Å²) in [5.41, 5.74) is 0. The minimum Gasteiger partial charge on any atom is -0.480 e. The van der Waals surface area contributed by atoms with Gasteiger partial charge in [-0.15, -0.1) is 0 Å². The van der Waals surface area contributed by atoms with Crippen LogP contribution >= 0.6 is 29.2 Å². The second kappa shape index (κ2) is 14.7. The summed E-state index contributed by atoms with van der Waals surface area (Å²) in [7, 11) is -0.409. The molecule has 2 atom stereocenters. The zero-order valence-electron chi connectivity index (χ0n) is 14.6. The molecule has 0 saturated heterocycles. The number of carboxylic acid groups (broad SMARTS) is 1. The molecule has 0 aromatic rings. The number of rotatable bonds is 15. The van der Waals surface area contributed by atoms with Crippen molar-refractivity contribution in [3.63, 3.8) is 0 Å². The normalized spacial score (nSPS) is 14.5. The Morgan fingerprint density at radius 3 is 2.44 bits per heavy atom. The van der Waals surface area contributed by atoms with E-state index in [1.165, 1.54) is 17.5 Å². The van der Waals surface area contributed by atoms with E-state index in [-0.39, 0.29) is 19.0 Å². The van der Waals surface area contributed by atoms with Crippen molar-refractivity contribution in [1.29, 1.82) is 0 Å². The van der Waals surface area contributed by atoms with Gasteiger partial charge in [0, 0.05) is 18.2 Å². The van der Waals surface area contributed by atoms with Gasteiger partial charge in [0.25, 0.3) is 0 Å². The third-order valence-corrected chi connectivity index (χ3v) is 5.96. The van der Waals surface area contributed by atoms with E-state index in [1.54, 1.807) is 10.8 Å². The van der Waals surface area contributed by atoms with Crippen molar-refractivity contribution in [1.82, 2.24) is 5.32 Å². The minimum atomic E-state index is -3.36. The van der Waals surface area contributed by atoms with Crippen LogP contribution in [-0.4, -0.2) is 59.5 Å². The summed E-state index contributed by atoms with van der Waals surface area (Å²) in [6.45, 7) is 3.57. The third kappa shape index (κ3) is 16.8. The Hall–Kier alpha value is -0.410. The molecule has 0 aliphatic rings. The fourth-order valence-electron chi connectivity index (χ4n) is 1.58. The Morgan fingerprint density at radius 2 is 1.84 bits per heavy atom. The summed E-state index contributed by atoms with van der Waals surface area (Å²) >= 11 is 0. The monoisotopic (exact) mass is 417 g/mol. The molecule has 25 heavy (non-hydrogen) atoms. The zero-order valence-corrected chi connectivity index (χ0v) is 17.2. The predicted molar refractivity (Wildman–Crippen MR) is 101 cm³/mol. The van der Waals surface area contributed by atoms with Crippen LogP contribution in [0.25, 0.3) is 0 Å². The van der Waals surface area contributed by atoms with E-state index in [2.05, 4.69) is 5.32 Å². The lowest BCUT2D eigenvalue weighted by Gasteiger charge is -2.13. The van der Waals surface area contributed by atoms with Gasteiger partial charge >= 0.3 is 19.7 Å². The number of hydrogen-bond acceptors (Lipinski definition) is 7. The van der Waals surface area contributed by atoms with Crippen molar-refractivity contribution >= 4 is 41.2 Å². The molecule has 0 fully saturated rings. The van der Waals surface area contributed by atoms with E-state index in [0.717, 1.165) is 31.4 Å². The lowest BCUT2D eigenvalue weighted by Crippen LogP contribution is -2.42. The molecule has 11 heteroatoms. The summed E-state index contributed by atoms with van der Waals surface area (Å²) in [5.74, 6) is 0.0422. The van der Waals surface area contributed by atoms with Gasteiger partial charge in [-0.1, -0.05) is 41.4 Å². The van der Waals surface area contributed by atoms with E-state index in [1.807, 2.05) is 6.92 Å². The molecule has 0 bridgehead atoms. The molecule has 0 aromatic heterocycles. The van der Waals surface area contributed by atoms with E-state index >= 15 is 0 Å². The lowest BCUT2D eigenvalue weighted by molar-refractivity contribution is -0.138. The number of nitrogens with one attached hydrogen (secondary N) is 1. The fourth-order valence-corrected chi connectivity index (χ4v) is 4.35. The summed E-state index contributed by atoms with van der Waals surface area (Å²) in [4.78, 5) is 31.4. The van der Waals surface area contributed by atoms with Gasteiger partial charge in [-0.05, 0) is 19.3 Å². The first-order valence-electron chi connectivity index (χ1n) is 8.11. The smallest absolute Gasteiger partial charge is 0.407 e. The molecule has 8 nitrogen and oxygen atoms in total. The van der Waals surface area contributed by atoms with Crippen LogP contribution in [0.3, 0.4) is 0 Å². The van der Waals surface area contributed by atoms with Crippen LogP contribution in [0.5, 0.6) is 0 Å². The SMILES string of the molecule is CCCOC(=O)N[C@@H](CSSCCCCCCOP(C)(=O)O)C(=O)O. The fraction of sp³-hybridized carbons (Fsp3) is 0.857. The maximum Gasteiger partial charge on any atom is 0.407 e. The number of unbranched alkanes of at least 4 members (excludes halogenated alkanes) is 3. The van der Waals surface area contributed by atoms with E-state index in [9.17, 15) is 14.2 Å². The Labute approximate surface area is 156 Å². The first-order chi connectivity index (χ1) is 11.8. The van der Waals surface area contributed by atoms with Crippen molar-refractivity contribution < 1.29 is 33.4 Å². The van der Waals surface area contributed by atoms with Gasteiger partial charge in [0.05, 0.1) is 13.2 Å². The molecule has 0 heterocycles. The number of carbonyl (C=O) groups excluding carboxylic acids is 1. The molecule has 0 saturated carbocycles. The van der Waals surface area contributed by atoms with E-state index in [0.29, 0.717) is 6.42 Å². The van der Waals surface area contributed by atoms with Gasteiger partial charge in [-0.2, -0.15) is 0 Å². The Bertz CT molecular complexity index is 433. The number of hydrogen-bond donors (Lipinski definition) is 3. The van der Waals surface area contributed by atoms with Crippen LogP contribution in [-0.2, 0) is 18.6 Å². The van der Waals surface area contributed by atoms with Gasteiger partial charge < -0.3 is 24.6 Å². The van der Waals surface area contributed by atoms with Crippen molar-refractivity contribution in [2.75, 3.05) is 31.4 Å². The summed E-state index contributed by atoms with van der Waals surface area (Å²) < 4.78 is 20.5. The predicted octanol–water partition coefficient (Wildman–Crippen LogP) is 3.35. The molecule has 1 unspecified atom stereocenters. The van der Waals surface area contributed by atoms with E-state index in [4.69, 9.17) is 19.3 Å². The summed E-state index contributed by atoms with van der Waals surface area (Å²) in [6.07, 6.45) is 3.56. The zero-order chi connectivity index (χ0) is 19.1. The molecule has 0 spiro atoms. The molecular formula is C14H28NO7PS2. The van der Waals surface area contributed by atoms with Gasteiger partial charge in [0.1, 0.15) is 6.04 Å². The maximum absolute atomic E-state index is 11.4. The molecule has 3 N–H and O–H groups in total. The largest absolute Gasteiger partial charge is 0.480 e. The number of ether oxygens (including phenoxy) is 1. The molecule has 0 rings (SSSR count). The highest BCUT2D eigenvalue weighted by molar-refractivity contribution is 8.76. The first kappa shape index (κ1) is 24.6. The van der Waals surface area contributed by atoms with Crippen molar-refractivity contribution in [3.8, 4) is 0 Å². The van der Waals surface area contributed by atoms with Gasteiger partial charge in [0.15, 0.2) is 0 Å². The Morgan fingerprint density at radius 1 is 1.16 bits per heavy atom. The van der Waals surface area contributed by atoms with Crippen LogP contribution in [0, 0.1) is 0 Å². The maximum atomic E-state index is 11.4. The van der Waals surface area contributed by atoms with Crippen molar-refractivity contribution in [2.24, 2.45) is 0 Å². The van der Waals surface area contributed by atoms with Crippen molar-refractivity contribution in [3.05, 3.63) is 0 Å². The number of carboxylic acids is 1. The lowest BCUT2D eigenvalue weighted by atomic mass is 10.2. The van der Waals surface area contributed by atoms with Gasteiger partial charge in [0.2, 0.25) is 0 Å². The highest BCUT2D eigenvalue weighted by atomic mass is 33.1. The van der Waals surface area contributed by atoms with Gasteiger partial charge in [-0.3, -0.25) is 4.57 Å². The van der Waals surface area contributed by atoms with Gasteiger partial charge in [-0.25, -0.2) is 9.59 Å². The number of amides is 1. The van der Waals surface area contributed by atoms with Crippen LogP contribution in [0.1, 0.15) is 39.0 Å². The highest BCUT2D eigenvalue weighted by Gasteiger charge is 2.20. The second-order valence-electron chi connectivity index (χ2n) is 5.33. The first-order valence-corrected chi connectivity index (χ1v) is 12.6. The Balaban J connectivity index is 3.64. The van der Waals surface area contributed by atoms with Crippen molar-refractivity contribution in [2.45, 2.75) is 45.1 Å². The van der Waals surface area contributed by atoms with Crippen LogP contribution in [0.4, 0.5) is 4.79 Å². The number of carbonyl (C=O) groups is 2. The molecule has 1 amide bonds. The standard InChI is InChI=1S/C14H28NO7PS2/c1-3-8-21-14(18)15-12(13(16)17)11-25-24-10-7-5-4-6-9-22-23(2,19)20/h12H,3-11H2,1-2H3,(H,15,18)(H,16,17)(H,19,20)/t12-/m0/s1. The summed E-state index contributed by atoms with van der Waals surface area (Å²) in [5, 5.41) is 11.4. The highest BCUT2D eigenvalue weighted by Crippen LogP contribution is 2.36. The average Bonchev–Trinajstić information content (AvgIpc) is 2.52. The molecular weight excluding hydrogens is 389 g/mol. The van der Waals surface area contributed by atoms with E-state index < -0.39 is 25.7 Å². The second-order valence-corrected chi connectivity index (χ2v) is 9.82. The molecule has 148 valence electrons. The van der Waals surface area contributed by atoms with Crippen LogP contribution < -0.4 is 5.32 Å². The molecule has 0 radical (unpaired) electrons. The van der Waals surface area contributed by atoms with Crippen LogP contribution in [0.2, 0.25) is 0 Å². The summed E-state index contributed by atoms with van der Waals surface area (Å²) in [6, 6.07) is -0.970. The quantitative estimate of drug-likeness (QED) is 0.209.